The van der Waals surface area contributed by atoms with E-state index in [1.807, 2.05) is 6.26 Å². The molecule has 0 heterocycles. The fourth-order valence-electron chi connectivity index (χ4n) is 3.01. The van der Waals surface area contributed by atoms with Gasteiger partial charge in [-0.15, -0.1) is 0 Å². The zero-order valence-electron chi connectivity index (χ0n) is 23.7. The first kappa shape index (κ1) is 34.9. The van der Waals surface area contributed by atoms with E-state index in [0.717, 1.165) is 13.0 Å². The standard InChI is InChI=1S/C26H45N5O7S/c1-22(2)20-36-17-18-38-26(3,30-31-27)21-37-24-8-5-7-23(19-24)25(32)28-10-12-34-14-16-35-15-13-33-11-6-9-29-39-4/h5,7-8,19,22,29H,6,9-18,20-21H2,1-4H3,(H,28,32). The molecule has 0 spiro atoms. The van der Waals surface area contributed by atoms with Crippen LogP contribution in [0, 0.1) is 5.92 Å². The van der Waals surface area contributed by atoms with Gasteiger partial charge < -0.3 is 33.7 Å². The van der Waals surface area contributed by atoms with Gasteiger partial charge in [0.05, 0.1) is 46.2 Å². The monoisotopic (exact) mass is 571 g/mol. The van der Waals surface area contributed by atoms with Crippen molar-refractivity contribution >= 4 is 17.9 Å². The van der Waals surface area contributed by atoms with Gasteiger partial charge in [-0.25, -0.2) is 0 Å². The molecule has 1 aromatic carbocycles. The zero-order chi connectivity index (χ0) is 28.6. The number of carbonyl (C=O) groups excluding carboxylic acids is 1. The van der Waals surface area contributed by atoms with Crippen LogP contribution < -0.4 is 14.8 Å². The van der Waals surface area contributed by atoms with E-state index in [2.05, 4.69) is 33.9 Å². The number of amides is 1. The third-order valence-corrected chi connectivity index (χ3v) is 5.43. The number of nitrogens with zero attached hydrogens (tertiary/aromatic N) is 3. The fourth-order valence-corrected chi connectivity index (χ4v) is 3.36. The summed E-state index contributed by atoms with van der Waals surface area (Å²) in [5.41, 5.74) is 8.15. The average Bonchev–Trinajstić information content (AvgIpc) is 2.92. The molecule has 1 atom stereocenters. The van der Waals surface area contributed by atoms with Gasteiger partial charge >= 0.3 is 0 Å². The summed E-state index contributed by atoms with van der Waals surface area (Å²) >= 11 is 1.60. The lowest BCUT2D eigenvalue weighted by molar-refractivity contribution is -0.0762. The molecule has 39 heavy (non-hydrogen) atoms. The third kappa shape index (κ3) is 18.8. The van der Waals surface area contributed by atoms with Crippen LogP contribution in [0.4, 0.5) is 0 Å². The molecule has 12 nitrogen and oxygen atoms in total. The Morgan fingerprint density at radius 2 is 1.72 bits per heavy atom. The number of azide groups is 1. The Kier molecular flexibility index (Phi) is 20.3. The Hall–Kier alpha value is -2.09. The fraction of sp³-hybridized carbons (Fsp3) is 0.731. The molecule has 0 saturated carbocycles. The Bertz CT molecular complexity index is 830. The minimum absolute atomic E-state index is 0.0238. The van der Waals surface area contributed by atoms with Crippen LogP contribution in [-0.2, 0) is 23.7 Å². The lowest BCUT2D eigenvalue weighted by Gasteiger charge is -2.25. The van der Waals surface area contributed by atoms with Crippen molar-refractivity contribution in [3.05, 3.63) is 40.3 Å². The molecule has 222 valence electrons. The minimum atomic E-state index is -1.21. The number of ether oxygens (including phenoxy) is 6. The number of hydrogen-bond donors (Lipinski definition) is 2. The largest absolute Gasteiger partial charge is 0.490 e. The van der Waals surface area contributed by atoms with Crippen molar-refractivity contribution in [2.24, 2.45) is 11.0 Å². The molecule has 1 aromatic rings. The second-order valence-electron chi connectivity index (χ2n) is 9.04. The van der Waals surface area contributed by atoms with Crippen molar-refractivity contribution in [3.8, 4) is 5.75 Å². The molecule has 2 N–H and O–H groups in total. The van der Waals surface area contributed by atoms with Crippen molar-refractivity contribution in [1.82, 2.24) is 10.0 Å². The lowest BCUT2D eigenvalue weighted by Crippen LogP contribution is -2.34. The van der Waals surface area contributed by atoms with Crippen molar-refractivity contribution in [2.75, 3.05) is 85.4 Å². The first-order valence-electron chi connectivity index (χ1n) is 13.2. The van der Waals surface area contributed by atoms with Gasteiger partial charge in [0.2, 0.25) is 0 Å². The molecule has 0 aliphatic rings. The predicted molar refractivity (Wildman–Crippen MR) is 152 cm³/mol. The minimum Gasteiger partial charge on any atom is -0.490 e. The summed E-state index contributed by atoms with van der Waals surface area (Å²) < 4.78 is 36.6. The summed E-state index contributed by atoms with van der Waals surface area (Å²) in [6.07, 6.45) is 2.96. The van der Waals surface area contributed by atoms with Gasteiger partial charge in [0.25, 0.3) is 5.91 Å². The van der Waals surface area contributed by atoms with Crippen LogP contribution in [0.2, 0.25) is 0 Å². The lowest BCUT2D eigenvalue weighted by atomic mass is 10.2. The highest BCUT2D eigenvalue weighted by Gasteiger charge is 2.25. The Labute approximate surface area is 236 Å². The molecule has 13 heteroatoms. The van der Waals surface area contributed by atoms with Gasteiger partial charge in [0.15, 0.2) is 5.72 Å². The molecule has 1 rings (SSSR count). The summed E-state index contributed by atoms with van der Waals surface area (Å²) in [4.78, 5) is 15.4. The summed E-state index contributed by atoms with van der Waals surface area (Å²) in [5, 5.41) is 6.54. The molecule has 0 aliphatic carbocycles. The highest BCUT2D eigenvalue weighted by Crippen LogP contribution is 2.19. The van der Waals surface area contributed by atoms with Crippen LogP contribution in [0.3, 0.4) is 0 Å². The van der Waals surface area contributed by atoms with E-state index in [1.165, 1.54) is 0 Å². The molecule has 0 saturated heterocycles. The molecule has 0 fully saturated rings. The molecule has 0 bridgehead atoms. The summed E-state index contributed by atoms with van der Waals surface area (Å²) in [7, 11) is 0. The Balaban J connectivity index is 2.24. The molecular weight excluding hydrogens is 526 g/mol. The summed E-state index contributed by atoms with van der Waals surface area (Å²) in [6.45, 7) is 11.3. The topological polar surface area (TPSA) is 145 Å². The quantitative estimate of drug-likeness (QED) is 0.0588. The van der Waals surface area contributed by atoms with Crippen LogP contribution in [0.15, 0.2) is 29.4 Å². The summed E-state index contributed by atoms with van der Waals surface area (Å²) in [6, 6.07) is 6.74. The molecule has 1 unspecified atom stereocenters. The van der Waals surface area contributed by atoms with Gasteiger partial charge in [-0.05, 0) is 49.2 Å². The van der Waals surface area contributed by atoms with Crippen molar-refractivity contribution in [3.63, 3.8) is 0 Å². The molecule has 0 radical (unpaired) electrons. The normalized spacial score (nSPS) is 12.6. The van der Waals surface area contributed by atoms with E-state index in [0.29, 0.717) is 76.6 Å². The van der Waals surface area contributed by atoms with Gasteiger partial charge in [-0.2, -0.15) is 0 Å². The van der Waals surface area contributed by atoms with E-state index in [9.17, 15) is 4.79 Å². The maximum Gasteiger partial charge on any atom is 0.251 e. The number of rotatable bonds is 25. The molecule has 0 aromatic heterocycles. The predicted octanol–water partition coefficient (Wildman–Crippen LogP) is 3.82. The van der Waals surface area contributed by atoms with E-state index in [-0.39, 0.29) is 19.1 Å². The second-order valence-corrected chi connectivity index (χ2v) is 9.74. The second kappa shape index (κ2) is 22.7. The van der Waals surface area contributed by atoms with Gasteiger partial charge in [0.1, 0.15) is 12.4 Å². The van der Waals surface area contributed by atoms with Crippen LogP contribution >= 0.6 is 11.9 Å². The third-order valence-electron chi connectivity index (χ3n) is 4.94. The van der Waals surface area contributed by atoms with E-state index < -0.39 is 5.72 Å². The Morgan fingerprint density at radius 1 is 1.03 bits per heavy atom. The van der Waals surface area contributed by atoms with E-state index in [4.69, 9.17) is 34.0 Å². The van der Waals surface area contributed by atoms with Crippen LogP contribution in [0.1, 0.15) is 37.6 Å². The number of benzene rings is 1. The molecule has 0 aliphatic heterocycles. The maximum atomic E-state index is 12.5. The van der Waals surface area contributed by atoms with Crippen LogP contribution in [0.25, 0.3) is 10.4 Å². The number of carbonyl (C=O) groups is 1. The maximum absolute atomic E-state index is 12.5. The van der Waals surface area contributed by atoms with Crippen molar-refractivity contribution in [2.45, 2.75) is 32.9 Å². The smallest absolute Gasteiger partial charge is 0.251 e. The molecule has 1 amide bonds. The van der Waals surface area contributed by atoms with Gasteiger partial charge in [-0.3, -0.25) is 9.52 Å². The van der Waals surface area contributed by atoms with Crippen LogP contribution in [0.5, 0.6) is 5.75 Å². The first-order chi connectivity index (χ1) is 18.9. The van der Waals surface area contributed by atoms with Crippen LogP contribution in [-0.4, -0.2) is 97.0 Å². The average molecular weight is 572 g/mol. The van der Waals surface area contributed by atoms with E-state index >= 15 is 0 Å². The summed E-state index contributed by atoms with van der Waals surface area (Å²) in [5.74, 6) is 0.629. The van der Waals surface area contributed by atoms with Crippen molar-refractivity contribution < 1.29 is 33.2 Å². The number of nitrogens with one attached hydrogen (secondary N) is 2. The first-order valence-corrected chi connectivity index (χ1v) is 14.4. The zero-order valence-corrected chi connectivity index (χ0v) is 24.5. The van der Waals surface area contributed by atoms with E-state index in [1.54, 1.807) is 43.1 Å². The van der Waals surface area contributed by atoms with Crippen molar-refractivity contribution in [1.29, 1.82) is 0 Å². The SMILES string of the molecule is CSNCCCOCCOCCOCCNC(=O)c1cccc(OCC(C)(N=[N+]=[N-])OCCOCC(C)C)c1. The Morgan fingerprint density at radius 3 is 2.41 bits per heavy atom. The molecular formula is C26H45N5O7S. The number of hydrogen-bond acceptors (Lipinski definition) is 10. The van der Waals surface area contributed by atoms with Gasteiger partial charge in [-0.1, -0.05) is 37.0 Å². The highest BCUT2D eigenvalue weighted by atomic mass is 32.2. The highest BCUT2D eigenvalue weighted by molar-refractivity contribution is 7.96. The van der Waals surface area contributed by atoms with Gasteiger partial charge in [0, 0.05) is 36.8 Å².